The lowest BCUT2D eigenvalue weighted by Crippen LogP contribution is -2.33. The zero-order chi connectivity index (χ0) is 17.6. The smallest absolute Gasteiger partial charge is 0.227 e. The van der Waals surface area contributed by atoms with Crippen molar-refractivity contribution in [3.05, 3.63) is 54.2 Å². The van der Waals surface area contributed by atoms with Crippen LogP contribution in [0.15, 0.2) is 48.5 Å². The van der Waals surface area contributed by atoms with E-state index in [4.69, 9.17) is 4.74 Å². The zero-order valence-electron chi connectivity index (χ0n) is 14.1. The Morgan fingerprint density at radius 3 is 2.88 bits per heavy atom. The third kappa shape index (κ3) is 3.80. The summed E-state index contributed by atoms with van der Waals surface area (Å²) in [7, 11) is 1.58. The Kier molecular flexibility index (Phi) is 5.30. The number of hydrogen-bond donors (Lipinski definition) is 2. The predicted octanol–water partition coefficient (Wildman–Crippen LogP) is 2.53. The molecule has 6 nitrogen and oxygen atoms in total. The van der Waals surface area contributed by atoms with Crippen molar-refractivity contribution in [2.45, 2.75) is 12.8 Å². The van der Waals surface area contributed by atoms with E-state index in [1.165, 1.54) is 0 Å². The summed E-state index contributed by atoms with van der Waals surface area (Å²) in [6.45, 7) is 0.145. The highest BCUT2D eigenvalue weighted by molar-refractivity contribution is 5.94. The summed E-state index contributed by atoms with van der Waals surface area (Å²) in [5.41, 5.74) is 2.55. The van der Waals surface area contributed by atoms with E-state index in [2.05, 4.69) is 10.2 Å². The van der Waals surface area contributed by atoms with Crippen LogP contribution in [0.4, 0.5) is 5.69 Å². The van der Waals surface area contributed by atoms with Gasteiger partial charge in [-0.15, -0.1) is 0 Å². The van der Waals surface area contributed by atoms with E-state index in [9.17, 15) is 9.90 Å². The van der Waals surface area contributed by atoms with Crippen molar-refractivity contribution < 1.29 is 14.6 Å². The van der Waals surface area contributed by atoms with Gasteiger partial charge in [0.05, 0.1) is 19.2 Å². The number of aromatic amines is 1. The minimum atomic E-state index is -0.101. The Balaban J connectivity index is 1.74. The lowest BCUT2D eigenvalue weighted by Gasteiger charge is -2.22. The molecule has 130 valence electrons. The van der Waals surface area contributed by atoms with Crippen LogP contribution in [0.1, 0.15) is 12.1 Å². The summed E-state index contributed by atoms with van der Waals surface area (Å²) in [4.78, 5) is 14.3. The number of nitrogens with one attached hydrogen (secondary N) is 1. The van der Waals surface area contributed by atoms with Crippen LogP contribution in [0.3, 0.4) is 0 Å². The maximum atomic E-state index is 12.7. The SMILES string of the molecule is COc1cccc(N(CCO)C(=O)CCc2[nH]nc3ccccc23)c1. The van der Waals surface area contributed by atoms with E-state index in [0.717, 1.165) is 16.6 Å². The zero-order valence-corrected chi connectivity index (χ0v) is 14.1. The maximum absolute atomic E-state index is 12.7. The summed E-state index contributed by atoms with van der Waals surface area (Å²) in [6, 6.07) is 15.1. The molecule has 0 saturated carbocycles. The number of carbonyl (C=O) groups is 1. The number of benzene rings is 2. The van der Waals surface area contributed by atoms with Crippen molar-refractivity contribution >= 4 is 22.5 Å². The Labute approximate surface area is 146 Å². The minimum Gasteiger partial charge on any atom is -0.497 e. The highest BCUT2D eigenvalue weighted by atomic mass is 16.5. The van der Waals surface area contributed by atoms with Crippen molar-refractivity contribution in [3.8, 4) is 5.75 Å². The van der Waals surface area contributed by atoms with E-state index >= 15 is 0 Å². The molecule has 0 fully saturated rings. The highest BCUT2D eigenvalue weighted by Crippen LogP contribution is 2.22. The number of hydrogen-bond acceptors (Lipinski definition) is 4. The van der Waals surface area contributed by atoms with E-state index < -0.39 is 0 Å². The molecular formula is C19H21N3O3. The van der Waals surface area contributed by atoms with Gasteiger partial charge in [-0.1, -0.05) is 24.3 Å². The summed E-state index contributed by atoms with van der Waals surface area (Å²) in [5.74, 6) is 0.619. The van der Waals surface area contributed by atoms with Gasteiger partial charge in [0.15, 0.2) is 0 Å². The fraction of sp³-hybridized carbons (Fsp3) is 0.263. The topological polar surface area (TPSA) is 78.5 Å². The summed E-state index contributed by atoms with van der Waals surface area (Å²) < 4.78 is 5.22. The normalized spacial score (nSPS) is 10.8. The molecule has 0 unspecified atom stereocenters. The first kappa shape index (κ1) is 17.0. The first-order valence-corrected chi connectivity index (χ1v) is 8.20. The van der Waals surface area contributed by atoms with E-state index in [-0.39, 0.29) is 19.1 Å². The van der Waals surface area contributed by atoms with Crippen molar-refractivity contribution in [1.82, 2.24) is 10.2 Å². The van der Waals surface area contributed by atoms with Crippen molar-refractivity contribution in [2.75, 3.05) is 25.2 Å². The van der Waals surface area contributed by atoms with Gasteiger partial charge in [0.25, 0.3) is 0 Å². The predicted molar refractivity (Wildman–Crippen MR) is 96.8 cm³/mol. The fourth-order valence-corrected chi connectivity index (χ4v) is 2.85. The van der Waals surface area contributed by atoms with E-state index in [1.54, 1.807) is 18.1 Å². The second kappa shape index (κ2) is 7.81. The highest BCUT2D eigenvalue weighted by Gasteiger charge is 2.17. The van der Waals surface area contributed by atoms with Gasteiger partial charge in [-0.05, 0) is 24.6 Å². The first-order valence-electron chi connectivity index (χ1n) is 8.20. The van der Waals surface area contributed by atoms with Crippen LogP contribution in [0.2, 0.25) is 0 Å². The number of carbonyl (C=O) groups excluding carboxylic acids is 1. The van der Waals surface area contributed by atoms with Crippen LogP contribution in [0, 0.1) is 0 Å². The average Bonchev–Trinajstić information content (AvgIpc) is 3.07. The third-order valence-electron chi connectivity index (χ3n) is 4.12. The standard InChI is InChI=1S/C19H21N3O3/c1-25-15-6-4-5-14(13-15)22(11-12-23)19(24)10-9-18-16-7-2-3-8-17(16)20-21-18/h2-8,13,23H,9-12H2,1H3,(H,20,21). The Morgan fingerprint density at radius 2 is 2.08 bits per heavy atom. The fourth-order valence-electron chi connectivity index (χ4n) is 2.85. The number of nitrogens with zero attached hydrogens (tertiary/aromatic N) is 2. The van der Waals surface area contributed by atoms with Gasteiger partial charge in [0.1, 0.15) is 5.75 Å². The molecule has 0 spiro atoms. The van der Waals surface area contributed by atoms with Gasteiger partial charge in [0.2, 0.25) is 5.91 Å². The molecule has 0 radical (unpaired) electrons. The number of methoxy groups -OCH3 is 1. The van der Waals surface area contributed by atoms with Gasteiger partial charge in [0, 0.05) is 35.8 Å². The van der Waals surface area contributed by atoms with Gasteiger partial charge >= 0.3 is 0 Å². The Hall–Kier alpha value is -2.86. The number of H-pyrrole nitrogens is 1. The number of ether oxygens (including phenoxy) is 1. The molecule has 1 heterocycles. The number of aliphatic hydroxyl groups excluding tert-OH is 1. The monoisotopic (exact) mass is 339 g/mol. The molecule has 0 saturated heterocycles. The van der Waals surface area contributed by atoms with Gasteiger partial charge in [-0.2, -0.15) is 5.10 Å². The molecular weight excluding hydrogens is 318 g/mol. The van der Waals surface area contributed by atoms with Crippen molar-refractivity contribution in [1.29, 1.82) is 0 Å². The van der Waals surface area contributed by atoms with Crippen LogP contribution < -0.4 is 9.64 Å². The average molecular weight is 339 g/mol. The van der Waals surface area contributed by atoms with Crippen LogP contribution in [-0.4, -0.2) is 41.5 Å². The van der Waals surface area contributed by atoms with Crippen LogP contribution >= 0.6 is 0 Å². The molecule has 0 aliphatic carbocycles. The number of rotatable bonds is 7. The largest absolute Gasteiger partial charge is 0.497 e. The van der Waals surface area contributed by atoms with Crippen LogP contribution in [0.25, 0.3) is 10.9 Å². The second-order valence-corrected chi connectivity index (χ2v) is 5.69. The molecule has 2 N–H and O–H groups in total. The number of fused-ring (bicyclic) bond motifs is 1. The molecule has 25 heavy (non-hydrogen) atoms. The number of aromatic nitrogens is 2. The van der Waals surface area contributed by atoms with E-state index in [0.29, 0.717) is 24.3 Å². The van der Waals surface area contributed by atoms with Gasteiger partial charge in [-0.25, -0.2) is 0 Å². The molecule has 1 amide bonds. The number of anilines is 1. The van der Waals surface area contributed by atoms with Gasteiger partial charge < -0.3 is 14.7 Å². The molecule has 3 aromatic rings. The lowest BCUT2D eigenvalue weighted by molar-refractivity contribution is -0.118. The van der Waals surface area contributed by atoms with Crippen LogP contribution in [-0.2, 0) is 11.2 Å². The third-order valence-corrected chi connectivity index (χ3v) is 4.12. The Morgan fingerprint density at radius 1 is 1.24 bits per heavy atom. The summed E-state index contributed by atoms with van der Waals surface area (Å²) in [6.07, 6.45) is 0.884. The van der Waals surface area contributed by atoms with Crippen molar-refractivity contribution in [2.24, 2.45) is 0 Å². The lowest BCUT2D eigenvalue weighted by atomic mass is 10.1. The molecule has 0 atom stereocenters. The maximum Gasteiger partial charge on any atom is 0.227 e. The Bertz CT molecular complexity index is 860. The number of amides is 1. The minimum absolute atomic E-state index is 0.0546. The second-order valence-electron chi connectivity index (χ2n) is 5.69. The molecule has 2 aromatic carbocycles. The molecule has 3 rings (SSSR count). The molecule has 6 heteroatoms. The van der Waals surface area contributed by atoms with Crippen molar-refractivity contribution in [3.63, 3.8) is 0 Å². The quantitative estimate of drug-likeness (QED) is 0.693. The van der Waals surface area contributed by atoms with Gasteiger partial charge in [-0.3, -0.25) is 9.89 Å². The summed E-state index contributed by atoms with van der Waals surface area (Å²) >= 11 is 0. The number of aliphatic hydroxyl groups is 1. The van der Waals surface area contributed by atoms with E-state index in [1.807, 2.05) is 42.5 Å². The molecule has 1 aromatic heterocycles. The number of aryl methyl sites for hydroxylation is 1. The molecule has 0 bridgehead atoms. The summed E-state index contributed by atoms with van der Waals surface area (Å²) in [5, 5.41) is 17.6. The molecule has 0 aliphatic heterocycles. The van der Waals surface area contributed by atoms with Crippen LogP contribution in [0.5, 0.6) is 5.75 Å². The molecule has 0 aliphatic rings. The first-order chi connectivity index (χ1) is 12.2. The number of para-hydroxylation sites is 1.